The molecule has 0 amide bonds. The van der Waals surface area contributed by atoms with Crippen LogP contribution in [0.4, 0.5) is 0 Å². The number of ketones is 1. The van der Waals surface area contributed by atoms with Gasteiger partial charge >= 0.3 is 0 Å². The minimum atomic E-state index is -0.309. The maximum absolute atomic E-state index is 12.3. The zero-order valence-electron chi connectivity index (χ0n) is 10.1. The number of rotatable bonds is 2. The minimum Gasteiger partial charge on any atom is -0.481 e. The van der Waals surface area contributed by atoms with E-state index >= 15 is 0 Å². The highest BCUT2D eigenvalue weighted by molar-refractivity contribution is 7.99. The predicted octanol–water partition coefficient (Wildman–Crippen LogP) is 2.54. The van der Waals surface area contributed by atoms with Gasteiger partial charge < -0.3 is 9.47 Å². The first kappa shape index (κ1) is 12.1. The topological polar surface area (TPSA) is 35.5 Å². The molecule has 0 aromatic heterocycles. The Kier molecular flexibility index (Phi) is 3.57. The van der Waals surface area contributed by atoms with Crippen LogP contribution in [0.2, 0.25) is 0 Å². The van der Waals surface area contributed by atoms with Gasteiger partial charge in [-0.1, -0.05) is 12.1 Å². The average Bonchev–Trinajstić information content (AvgIpc) is 2.47. The van der Waals surface area contributed by atoms with E-state index in [0.29, 0.717) is 12.4 Å². The number of carbonyl (C=O) groups is 1. The van der Waals surface area contributed by atoms with Crippen molar-refractivity contribution >= 4 is 17.5 Å². The van der Waals surface area contributed by atoms with Gasteiger partial charge in [0.15, 0.2) is 11.9 Å². The standard InChI is InChI=1S/C14H16O3S/c15-14(10-4-3-7-16-8-10)12-9-18-13-6-2-1-5-11(13)17-12/h1-2,5-6,10,12H,3-4,7-9H2. The molecule has 0 saturated carbocycles. The zero-order valence-corrected chi connectivity index (χ0v) is 10.9. The van der Waals surface area contributed by atoms with Crippen molar-refractivity contribution in [2.45, 2.75) is 23.8 Å². The van der Waals surface area contributed by atoms with Crippen LogP contribution in [0.5, 0.6) is 5.75 Å². The van der Waals surface area contributed by atoms with Crippen molar-refractivity contribution in [3.63, 3.8) is 0 Å². The molecule has 2 aliphatic heterocycles. The third-order valence-electron chi connectivity index (χ3n) is 3.39. The molecule has 3 nitrogen and oxygen atoms in total. The number of Topliss-reactive ketones (excluding diaryl/α,β-unsaturated/α-hetero) is 1. The quantitative estimate of drug-likeness (QED) is 0.822. The first-order chi connectivity index (χ1) is 8.84. The third-order valence-corrected chi connectivity index (χ3v) is 4.51. The molecule has 3 rings (SSSR count). The lowest BCUT2D eigenvalue weighted by molar-refractivity contribution is -0.133. The molecule has 0 N–H and O–H groups in total. The summed E-state index contributed by atoms with van der Waals surface area (Å²) in [4.78, 5) is 13.5. The highest BCUT2D eigenvalue weighted by Crippen LogP contribution is 2.36. The van der Waals surface area contributed by atoms with E-state index in [0.717, 1.165) is 30.1 Å². The zero-order chi connectivity index (χ0) is 12.4. The Hall–Kier alpha value is -1.00. The number of carbonyl (C=O) groups excluding carboxylic acids is 1. The number of para-hydroxylation sites is 1. The lowest BCUT2D eigenvalue weighted by Gasteiger charge is -2.29. The second kappa shape index (κ2) is 5.33. The highest BCUT2D eigenvalue weighted by Gasteiger charge is 2.32. The van der Waals surface area contributed by atoms with Crippen molar-refractivity contribution in [3.8, 4) is 5.75 Å². The number of benzene rings is 1. The SMILES string of the molecule is O=C(C1CCCOC1)C1CSc2ccccc2O1. The summed E-state index contributed by atoms with van der Waals surface area (Å²) >= 11 is 1.70. The Morgan fingerprint density at radius 2 is 2.22 bits per heavy atom. The van der Waals surface area contributed by atoms with E-state index in [-0.39, 0.29) is 17.8 Å². The van der Waals surface area contributed by atoms with Crippen LogP contribution in [0.1, 0.15) is 12.8 Å². The molecule has 4 heteroatoms. The van der Waals surface area contributed by atoms with Crippen LogP contribution < -0.4 is 4.74 Å². The highest BCUT2D eigenvalue weighted by atomic mass is 32.2. The Labute approximate surface area is 111 Å². The Bertz CT molecular complexity index is 440. The summed E-state index contributed by atoms with van der Waals surface area (Å²) in [7, 11) is 0. The van der Waals surface area contributed by atoms with Gasteiger partial charge in [0.05, 0.1) is 6.61 Å². The molecule has 18 heavy (non-hydrogen) atoms. The molecule has 0 bridgehead atoms. The van der Waals surface area contributed by atoms with Gasteiger partial charge in [-0.2, -0.15) is 0 Å². The lowest BCUT2D eigenvalue weighted by Crippen LogP contribution is -2.39. The molecule has 2 atom stereocenters. The van der Waals surface area contributed by atoms with E-state index in [1.54, 1.807) is 11.8 Å². The molecule has 1 saturated heterocycles. The van der Waals surface area contributed by atoms with Crippen LogP contribution in [0.25, 0.3) is 0 Å². The maximum Gasteiger partial charge on any atom is 0.179 e. The van der Waals surface area contributed by atoms with Crippen LogP contribution in [-0.4, -0.2) is 30.9 Å². The summed E-state index contributed by atoms with van der Waals surface area (Å²) in [5, 5.41) is 0. The lowest BCUT2D eigenvalue weighted by atomic mass is 9.94. The predicted molar refractivity (Wildman–Crippen MR) is 70.1 cm³/mol. The summed E-state index contributed by atoms with van der Waals surface area (Å²) in [6.07, 6.45) is 1.61. The Morgan fingerprint density at radius 1 is 1.33 bits per heavy atom. The van der Waals surface area contributed by atoms with Crippen LogP contribution in [0.15, 0.2) is 29.2 Å². The first-order valence-corrected chi connectivity index (χ1v) is 7.33. The van der Waals surface area contributed by atoms with E-state index in [2.05, 4.69) is 0 Å². The summed E-state index contributed by atoms with van der Waals surface area (Å²) < 4.78 is 11.2. The van der Waals surface area contributed by atoms with Crippen LogP contribution in [0.3, 0.4) is 0 Å². The fraction of sp³-hybridized carbons (Fsp3) is 0.500. The summed E-state index contributed by atoms with van der Waals surface area (Å²) in [6, 6.07) is 7.89. The van der Waals surface area contributed by atoms with Gasteiger partial charge in [0.25, 0.3) is 0 Å². The Balaban J connectivity index is 1.69. The third kappa shape index (κ3) is 2.40. The summed E-state index contributed by atoms with van der Waals surface area (Å²) in [5.74, 6) is 1.78. The molecule has 2 heterocycles. The largest absolute Gasteiger partial charge is 0.481 e. The molecule has 1 aromatic carbocycles. The van der Waals surface area contributed by atoms with Gasteiger partial charge in [-0.3, -0.25) is 4.79 Å². The van der Waals surface area contributed by atoms with E-state index in [1.807, 2.05) is 24.3 Å². The number of thioether (sulfide) groups is 1. The summed E-state index contributed by atoms with van der Waals surface area (Å²) in [6.45, 7) is 1.35. The molecule has 0 spiro atoms. The normalized spacial score (nSPS) is 27.1. The molecule has 1 fully saturated rings. The number of fused-ring (bicyclic) bond motifs is 1. The molecule has 96 valence electrons. The molecular weight excluding hydrogens is 248 g/mol. The number of hydrogen-bond donors (Lipinski definition) is 0. The van der Waals surface area contributed by atoms with Crippen LogP contribution >= 0.6 is 11.8 Å². The van der Waals surface area contributed by atoms with E-state index in [9.17, 15) is 4.79 Å². The van der Waals surface area contributed by atoms with Gasteiger partial charge in [0.1, 0.15) is 5.75 Å². The minimum absolute atomic E-state index is 0.0228. The van der Waals surface area contributed by atoms with Gasteiger partial charge in [-0.05, 0) is 25.0 Å². The van der Waals surface area contributed by atoms with Crippen molar-refractivity contribution < 1.29 is 14.3 Å². The molecule has 2 aliphatic rings. The fourth-order valence-corrected chi connectivity index (χ4v) is 3.38. The smallest absolute Gasteiger partial charge is 0.179 e. The maximum atomic E-state index is 12.3. The number of ether oxygens (including phenoxy) is 2. The van der Waals surface area contributed by atoms with Gasteiger partial charge in [0, 0.05) is 23.2 Å². The van der Waals surface area contributed by atoms with Crippen molar-refractivity contribution in [2.75, 3.05) is 19.0 Å². The second-order valence-electron chi connectivity index (χ2n) is 4.68. The van der Waals surface area contributed by atoms with Crippen molar-refractivity contribution in [2.24, 2.45) is 5.92 Å². The van der Waals surface area contributed by atoms with Crippen molar-refractivity contribution in [1.82, 2.24) is 0 Å². The van der Waals surface area contributed by atoms with Gasteiger partial charge in [-0.25, -0.2) is 0 Å². The fourth-order valence-electron chi connectivity index (χ4n) is 2.39. The van der Waals surface area contributed by atoms with E-state index < -0.39 is 0 Å². The van der Waals surface area contributed by atoms with Gasteiger partial charge in [-0.15, -0.1) is 11.8 Å². The summed E-state index contributed by atoms with van der Waals surface area (Å²) in [5.41, 5.74) is 0. The molecule has 1 aromatic rings. The van der Waals surface area contributed by atoms with Crippen LogP contribution in [0, 0.1) is 5.92 Å². The average molecular weight is 264 g/mol. The first-order valence-electron chi connectivity index (χ1n) is 6.34. The molecule has 0 aliphatic carbocycles. The second-order valence-corrected chi connectivity index (χ2v) is 5.74. The van der Waals surface area contributed by atoms with Crippen molar-refractivity contribution in [3.05, 3.63) is 24.3 Å². The van der Waals surface area contributed by atoms with Gasteiger partial charge in [0.2, 0.25) is 0 Å². The molecule has 0 radical (unpaired) electrons. The van der Waals surface area contributed by atoms with Crippen molar-refractivity contribution in [1.29, 1.82) is 0 Å². The van der Waals surface area contributed by atoms with E-state index in [1.165, 1.54) is 0 Å². The Morgan fingerprint density at radius 3 is 3.06 bits per heavy atom. The molecule has 2 unspecified atom stereocenters. The number of hydrogen-bond acceptors (Lipinski definition) is 4. The molecular formula is C14H16O3S. The monoisotopic (exact) mass is 264 g/mol. The van der Waals surface area contributed by atoms with E-state index in [4.69, 9.17) is 9.47 Å². The van der Waals surface area contributed by atoms with Crippen LogP contribution in [-0.2, 0) is 9.53 Å².